The van der Waals surface area contributed by atoms with Gasteiger partial charge in [-0.1, -0.05) is 0 Å². The van der Waals surface area contributed by atoms with Gasteiger partial charge in [0, 0.05) is 24.8 Å². The molecule has 1 aromatic rings. The number of nitrogens with one attached hydrogen (secondary N) is 1. The molecule has 1 aliphatic rings. The molecule has 2 rings (SSSR count). The van der Waals surface area contributed by atoms with Crippen LogP contribution in [0.5, 0.6) is 0 Å². The van der Waals surface area contributed by atoms with Crippen LogP contribution >= 0.6 is 0 Å². The zero-order valence-electron chi connectivity index (χ0n) is 10.4. The second-order valence-corrected chi connectivity index (χ2v) is 6.92. The first-order chi connectivity index (χ1) is 8.50. The van der Waals surface area contributed by atoms with E-state index in [4.69, 9.17) is 0 Å². The van der Waals surface area contributed by atoms with Crippen molar-refractivity contribution in [1.29, 1.82) is 0 Å². The first-order valence-corrected chi connectivity index (χ1v) is 8.00. The van der Waals surface area contributed by atoms with Crippen molar-refractivity contribution in [2.45, 2.75) is 32.4 Å². The Kier molecular flexibility index (Phi) is 3.75. The highest BCUT2D eigenvalue weighted by atomic mass is 32.2. The maximum atomic E-state index is 11.4. The number of nitrogens with zero attached hydrogens (tertiary/aromatic N) is 1. The van der Waals surface area contributed by atoms with Gasteiger partial charge in [0.1, 0.15) is 9.84 Å². The molecule has 5 nitrogen and oxygen atoms in total. The van der Waals surface area contributed by atoms with E-state index in [-0.39, 0.29) is 23.1 Å². The summed E-state index contributed by atoms with van der Waals surface area (Å²) in [7, 11) is -2.82. The van der Waals surface area contributed by atoms with Crippen LogP contribution in [0.2, 0.25) is 0 Å². The predicted molar refractivity (Wildman–Crippen MR) is 71.7 cm³/mol. The van der Waals surface area contributed by atoms with Crippen LogP contribution in [-0.2, 0) is 16.4 Å². The fraction of sp³-hybridized carbons (Fsp3) is 0.583. The zero-order valence-corrected chi connectivity index (χ0v) is 11.2. The highest BCUT2D eigenvalue weighted by molar-refractivity contribution is 7.91. The van der Waals surface area contributed by atoms with Gasteiger partial charge < -0.3 is 9.88 Å². The Hall–Kier alpha value is -1.30. The van der Waals surface area contributed by atoms with Crippen molar-refractivity contribution >= 4 is 15.5 Å². The average Bonchev–Trinajstić information content (AvgIpc) is 2.34. The lowest BCUT2D eigenvalue weighted by atomic mass is 10.1. The minimum Gasteiger partial charge on any atom is -0.381 e. The monoisotopic (exact) mass is 270 g/mol. The van der Waals surface area contributed by atoms with Gasteiger partial charge in [0.15, 0.2) is 0 Å². The van der Waals surface area contributed by atoms with Gasteiger partial charge >= 0.3 is 0 Å². The predicted octanol–water partition coefficient (Wildman–Crippen LogP) is 0.857. The third-order valence-electron chi connectivity index (χ3n) is 3.25. The van der Waals surface area contributed by atoms with Crippen molar-refractivity contribution in [2.75, 3.05) is 16.8 Å². The second kappa shape index (κ2) is 5.14. The third-order valence-corrected chi connectivity index (χ3v) is 4.97. The zero-order chi connectivity index (χ0) is 13.2. The van der Waals surface area contributed by atoms with Crippen molar-refractivity contribution in [3.05, 3.63) is 28.7 Å². The van der Waals surface area contributed by atoms with Crippen molar-refractivity contribution in [1.82, 2.24) is 4.57 Å². The Morgan fingerprint density at radius 1 is 1.33 bits per heavy atom. The van der Waals surface area contributed by atoms with Gasteiger partial charge in [-0.15, -0.1) is 0 Å². The number of aryl methyl sites for hydroxylation is 1. The molecule has 1 fully saturated rings. The fourth-order valence-electron chi connectivity index (χ4n) is 2.13. The molecule has 100 valence electrons. The van der Waals surface area contributed by atoms with Crippen LogP contribution in [0.15, 0.2) is 23.1 Å². The minimum absolute atomic E-state index is 0.0192. The molecule has 1 aliphatic heterocycles. The molecule has 2 heterocycles. The number of rotatable bonds is 3. The Balaban J connectivity index is 2.04. The number of pyridine rings is 1. The number of anilines is 1. The first-order valence-electron chi connectivity index (χ1n) is 6.17. The number of sulfone groups is 1. The topological polar surface area (TPSA) is 68.2 Å². The average molecular weight is 270 g/mol. The van der Waals surface area contributed by atoms with Crippen LogP contribution in [0.4, 0.5) is 5.69 Å². The normalized spacial score (nSPS) is 19.6. The maximum Gasteiger partial charge on any atom is 0.250 e. The molecule has 0 aromatic carbocycles. The highest BCUT2D eigenvalue weighted by Crippen LogP contribution is 2.17. The molecule has 0 atom stereocenters. The maximum absolute atomic E-state index is 11.4. The van der Waals surface area contributed by atoms with E-state index in [1.807, 2.05) is 6.92 Å². The summed E-state index contributed by atoms with van der Waals surface area (Å²) >= 11 is 0. The molecule has 1 saturated heterocycles. The van der Waals surface area contributed by atoms with Crippen molar-refractivity contribution in [3.63, 3.8) is 0 Å². The van der Waals surface area contributed by atoms with E-state index >= 15 is 0 Å². The van der Waals surface area contributed by atoms with Crippen LogP contribution in [0.3, 0.4) is 0 Å². The van der Waals surface area contributed by atoms with Gasteiger partial charge in [-0.25, -0.2) is 8.42 Å². The van der Waals surface area contributed by atoms with Gasteiger partial charge in [-0.2, -0.15) is 0 Å². The third kappa shape index (κ3) is 3.13. The summed E-state index contributed by atoms with van der Waals surface area (Å²) in [6, 6.07) is 3.46. The molecule has 0 spiro atoms. The molecule has 0 saturated carbocycles. The standard InChI is InChI=1S/C12H18N2O3S/c1-2-14-9-11(3-4-12(14)15)13-10-5-7-18(16,17)8-6-10/h3-4,9-10,13H,2,5-8H2,1H3. The lowest BCUT2D eigenvalue weighted by molar-refractivity contribution is 0.559. The fourth-order valence-corrected chi connectivity index (χ4v) is 3.63. The van der Waals surface area contributed by atoms with E-state index in [1.54, 1.807) is 16.8 Å². The molecular formula is C12H18N2O3S. The summed E-state index contributed by atoms with van der Waals surface area (Å²) in [5, 5.41) is 3.30. The summed E-state index contributed by atoms with van der Waals surface area (Å²) in [6.07, 6.45) is 3.05. The van der Waals surface area contributed by atoms with Crippen molar-refractivity contribution in [3.8, 4) is 0 Å². The minimum atomic E-state index is -2.82. The molecule has 0 amide bonds. The summed E-state index contributed by atoms with van der Waals surface area (Å²) in [5.74, 6) is 0.496. The summed E-state index contributed by atoms with van der Waals surface area (Å²) < 4.78 is 24.3. The van der Waals surface area contributed by atoms with E-state index in [0.717, 1.165) is 5.69 Å². The largest absolute Gasteiger partial charge is 0.381 e. The number of hydrogen-bond acceptors (Lipinski definition) is 4. The van der Waals surface area contributed by atoms with Gasteiger partial charge in [-0.3, -0.25) is 4.79 Å². The Morgan fingerprint density at radius 2 is 2.00 bits per heavy atom. The molecule has 1 N–H and O–H groups in total. The number of hydrogen-bond donors (Lipinski definition) is 1. The van der Waals surface area contributed by atoms with Gasteiger partial charge in [-0.05, 0) is 25.8 Å². The SMILES string of the molecule is CCn1cc(NC2CCS(=O)(=O)CC2)ccc1=O. The summed E-state index contributed by atoms with van der Waals surface area (Å²) in [4.78, 5) is 11.4. The van der Waals surface area contributed by atoms with Crippen molar-refractivity contribution < 1.29 is 8.42 Å². The second-order valence-electron chi connectivity index (χ2n) is 4.61. The Labute approximate surface area is 107 Å². The lowest BCUT2D eigenvalue weighted by Crippen LogP contribution is -2.32. The van der Waals surface area contributed by atoms with Gasteiger partial charge in [0.25, 0.3) is 5.56 Å². The summed E-state index contributed by atoms with van der Waals surface area (Å²) in [6.45, 7) is 2.55. The molecule has 0 radical (unpaired) electrons. The van der Waals surface area contributed by atoms with Crippen LogP contribution in [-0.4, -0.2) is 30.5 Å². The van der Waals surface area contributed by atoms with Crippen LogP contribution in [0.25, 0.3) is 0 Å². The molecule has 6 heteroatoms. The van der Waals surface area contributed by atoms with Crippen LogP contribution in [0, 0.1) is 0 Å². The van der Waals surface area contributed by atoms with Gasteiger partial charge in [0.05, 0.1) is 17.2 Å². The van der Waals surface area contributed by atoms with Crippen LogP contribution < -0.4 is 10.9 Å². The van der Waals surface area contributed by atoms with Crippen LogP contribution in [0.1, 0.15) is 19.8 Å². The van der Waals surface area contributed by atoms with Gasteiger partial charge in [0.2, 0.25) is 0 Å². The highest BCUT2D eigenvalue weighted by Gasteiger charge is 2.23. The molecule has 0 bridgehead atoms. The molecule has 1 aromatic heterocycles. The van der Waals surface area contributed by atoms with E-state index in [9.17, 15) is 13.2 Å². The number of aromatic nitrogens is 1. The lowest BCUT2D eigenvalue weighted by Gasteiger charge is -2.24. The van der Waals surface area contributed by atoms with E-state index in [2.05, 4.69) is 5.32 Å². The Morgan fingerprint density at radius 3 is 2.61 bits per heavy atom. The molecular weight excluding hydrogens is 252 g/mol. The van der Waals surface area contributed by atoms with E-state index < -0.39 is 9.84 Å². The van der Waals surface area contributed by atoms with E-state index in [0.29, 0.717) is 19.4 Å². The smallest absolute Gasteiger partial charge is 0.250 e. The Bertz CT molecular complexity index is 563. The summed E-state index contributed by atoms with van der Waals surface area (Å²) in [5.41, 5.74) is 0.856. The molecule has 0 unspecified atom stereocenters. The quantitative estimate of drug-likeness (QED) is 0.884. The molecule has 18 heavy (non-hydrogen) atoms. The molecule has 0 aliphatic carbocycles. The van der Waals surface area contributed by atoms with Crippen molar-refractivity contribution in [2.24, 2.45) is 0 Å². The first kappa shape index (κ1) is 13.1. The van der Waals surface area contributed by atoms with E-state index in [1.165, 1.54) is 6.07 Å².